The van der Waals surface area contributed by atoms with Crippen molar-refractivity contribution in [2.24, 2.45) is 0 Å². The van der Waals surface area contributed by atoms with E-state index < -0.39 is 0 Å². The molecule has 124 valence electrons. The molecule has 0 saturated heterocycles. The van der Waals surface area contributed by atoms with Gasteiger partial charge in [0.2, 0.25) is 0 Å². The van der Waals surface area contributed by atoms with Crippen molar-refractivity contribution in [3.8, 4) is 0 Å². The Bertz CT molecular complexity index is 1080. The zero-order chi connectivity index (χ0) is 17.4. The molecule has 3 aromatic heterocycles. The van der Waals surface area contributed by atoms with E-state index in [-0.39, 0.29) is 11.9 Å². The second-order valence-electron chi connectivity index (χ2n) is 6.15. The minimum atomic E-state index is -0.218. The van der Waals surface area contributed by atoms with Crippen LogP contribution < -0.4 is 5.32 Å². The van der Waals surface area contributed by atoms with Crippen LogP contribution in [0.5, 0.6) is 0 Å². The van der Waals surface area contributed by atoms with Crippen molar-refractivity contribution in [2.75, 3.05) is 5.32 Å². The van der Waals surface area contributed by atoms with Crippen LogP contribution >= 0.6 is 0 Å². The number of nitrogens with zero attached hydrogens (tertiary/aromatic N) is 4. The average Bonchev–Trinajstić information content (AvgIpc) is 3.05. The largest absolute Gasteiger partial charge is 0.320 e. The highest BCUT2D eigenvalue weighted by molar-refractivity contribution is 6.09. The van der Waals surface area contributed by atoms with Gasteiger partial charge in [-0.15, -0.1) is 0 Å². The molecular formula is C19H17N5O. The van der Waals surface area contributed by atoms with Crippen LogP contribution in [-0.4, -0.2) is 25.7 Å². The summed E-state index contributed by atoms with van der Waals surface area (Å²) in [5.41, 5.74) is 2.71. The summed E-state index contributed by atoms with van der Waals surface area (Å²) >= 11 is 0. The molecule has 4 rings (SSSR count). The summed E-state index contributed by atoms with van der Waals surface area (Å²) in [6, 6.07) is 11.6. The summed E-state index contributed by atoms with van der Waals surface area (Å²) in [5.74, 6) is -0.218. The molecule has 1 aromatic carbocycles. The number of nitrogens with one attached hydrogen (secondary N) is 1. The molecule has 0 atom stereocenters. The summed E-state index contributed by atoms with van der Waals surface area (Å²) in [4.78, 5) is 21.4. The number of pyridine rings is 2. The third-order valence-electron chi connectivity index (χ3n) is 4.07. The molecule has 25 heavy (non-hydrogen) atoms. The normalized spacial score (nSPS) is 11.3. The molecule has 0 bridgehead atoms. The molecular weight excluding hydrogens is 314 g/mol. The lowest BCUT2D eigenvalue weighted by Crippen LogP contribution is -2.13. The van der Waals surface area contributed by atoms with E-state index in [2.05, 4.69) is 20.4 Å². The maximum atomic E-state index is 12.6. The van der Waals surface area contributed by atoms with E-state index in [4.69, 9.17) is 0 Å². The molecule has 0 unspecified atom stereocenters. The van der Waals surface area contributed by atoms with Gasteiger partial charge in [0.05, 0.1) is 23.0 Å². The highest BCUT2D eigenvalue weighted by Gasteiger charge is 2.13. The van der Waals surface area contributed by atoms with Crippen LogP contribution in [0.15, 0.2) is 55.0 Å². The first kappa shape index (κ1) is 15.3. The van der Waals surface area contributed by atoms with Crippen LogP contribution in [0.1, 0.15) is 30.2 Å². The molecule has 0 aliphatic rings. The van der Waals surface area contributed by atoms with E-state index in [0.717, 1.165) is 21.9 Å². The number of aromatic nitrogens is 4. The maximum Gasteiger partial charge on any atom is 0.257 e. The molecule has 0 aliphatic carbocycles. The Morgan fingerprint density at radius 2 is 1.92 bits per heavy atom. The minimum absolute atomic E-state index is 0.214. The van der Waals surface area contributed by atoms with Crippen LogP contribution in [0.4, 0.5) is 5.69 Å². The Labute approximate surface area is 144 Å². The Kier molecular flexibility index (Phi) is 3.65. The Morgan fingerprint density at radius 1 is 1.08 bits per heavy atom. The van der Waals surface area contributed by atoms with Gasteiger partial charge in [0, 0.05) is 29.2 Å². The van der Waals surface area contributed by atoms with E-state index in [1.807, 2.05) is 54.9 Å². The molecule has 3 heterocycles. The fourth-order valence-electron chi connectivity index (χ4n) is 2.84. The maximum absolute atomic E-state index is 12.6. The summed E-state index contributed by atoms with van der Waals surface area (Å²) in [5, 5.41) is 9.08. The van der Waals surface area contributed by atoms with Gasteiger partial charge in [0.1, 0.15) is 0 Å². The number of benzene rings is 1. The Balaban J connectivity index is 1.68. The number of hydrogen-bond donors (Lipinski definition) is 1. The quantitative estimate of drug-likeness (QED) is 0.619. The molecule has 0 fully saturated rings. The van der Waals surface area contributed by atoms with Gasteiger partial charge in [0.15, 0.2) is 5.65 Å². The first-order valence-corrected chi connectivity index (χ1v) is 8.12. The number of para-hydroxylation sites is 1. The molecule has 0 spiro atoms. The fraction of sp³-hybridized carbons (Fsp3) is 0.158. The van der Waals surface area contributed by atoms with Gasteiger partial charge < -0.3 is 5.32 Å². The number of hydrogen-bond acceptors (Lipinski definition) is 4. The Morgan fingerprint density at radius 3 is 2.76 bits per heavy atom. The predicted molar refractivity (Wildman–Crippen MR) is 97.6 cm³/mol. The number of rotatable bonds is 3. The molecule has 1 N–H and O–H groups in total. The number of carbonyl (C=O) groups excluding carboxylic acids is 1. The summed E-state index contributed by atoms with van der Waals surface area (Å²) in [7, 11) is 0. The zero-order valence-electron chi connectivity index (χ0n) is 14.0. The third-order valence-corrected chi connectivity index (χ3v) is 4.07. The van der Waals surface area contributed by atoms with Gasteiger partial charge in [-0.1, -0.05) is 18.2 Å². The monoisotopic (exact) mass is 331 g/mol. The second-order valence-corrected chi connectivity index (χ2v) is 6.15. The van der Waals surface area contributed by atoms with Gasteiger partial charge in [-0.05, 0) is 32.0 Å². The lowest BCUT2D eigenvalue weighted by atomic mass is 10.1. The SMILES string of the molecule is CC(C)n1ncc2cc(C(=O)Nc3cccc4cccnc34)cnc21. The van der Waals surface area contributed by atoms with Crippen LogP contribution in [0.3, 0.4) is 0 Å². The van der Waals surface area contributed by atoms with Gasteiger partial charge in [0.25, 0.3) is 5.91 Å². The molecule has 6 heteroatoms. The van der Waals surface area contributed by atoms with Crippen LogP contribution in [-0.2, 0) is 0 Å². The van der Waals surface area contributed by atoms with Crippen molar-refractivity contribution in [3.63, 3.8) is 0 Å². The number of fused-ring (bicyclic) bond motifs is 2. The number of amides is 1. The topological polar surface area (TPSA) is 72.7 Å². The van der Waals surface area contributed by atoms with Crippen molar-refractivity contribution < 1.29 is 4.79 Å². The van der Waals surface area contributed by atoms with E-state index in [1.54, 1.807) is 18.6 Å². The average molecular weight is 331 g/mol. The standard InChI is InChI=1S/C19H17N5O/c1-12(2)24-18-14(11-22-24)9-15(10-21-18)19(25)23-16-7-3-5-13-6-4-8-20-17(13)16/h3-12H,1-2H3,(H,23,25). The first-order valence-electron chi connectivity index (χ1n) is 8.12. The van der Waals surface area contributed by atoms with Crippen LogP contribution in [0, 0.1) is 0 Å². The molecule has 0 radical (unpaired) electrons. The summed E-state index contributed by atoms with van der Waals surface area (Å²) < 4.78 is 1.84. The molecule has 0 saturated carbocycles. The molecule has 1 amide bonds. The highest BCUT2D eigenvalue weighted by Crippen LogP contribution is 2.22. The minimum Gasteiger partial charge on any atom is -0.320 e. The van der Waals surface area contributed by atoms with E-state index in [0.29, 0.717) is 11.3 Å². The van der Waals surface area contributed by atoms with Gasteiger partial charge in [-0.2, -0.15) is 5.10 Å². The van der Waals surface area contributed by atoms with E-state index in [1.165, 1.54) is 0 Å². The van der Waals surface area contributed by atoms with Gasteiger partial charge in [-0.3, -0.25) is 9.78 Å². The molecule has 4 aromatic rings. The predicted octanol–water partition coefficient (Wildman–Crippen LogP) is 3.81. The molecule has 0 aliphatic heterocycles. The van der Waals surface area contributed by atoms with E-state index in [9.17, 15) is 4.79 Å². The fourth-order valence-corrected chi connectivity index (χ4v) is 2.84. The molecule has 6 nitrogen and oxygen atoms in total. The zero-order valence-corrected chi connectivity index (χ0v) is 14.0. The lowest BCUT2D eigenvalue weighted by Gasteiger charge is -2.09. The van der Waals surface area contributed by atoms with Crippen LogP contribution in [0.2, 0.25) is 0 Å². The van der Waals surface area contributed by atoms with Crippen molar-refractivity contribution >= 4 is 33.5 Å². The number of carbonyl (C=O) groups is 1. The third kappa shape index (κ3) is 2.71. The summed E-state index contributed by atoms with van der Waals surface area (Å²) in [6.07, 6.45) is 5.03. The highest BCUT2D eigenvalue weighted by atomic mass is 16.1. The first-order chi connectivity index (χ1) is 12.1. The van der Waals surface area contributed by atoms with Gasteiger partial charge >= 0.3 is 0 Å². The smallest absolute Gasteiger partial charge is 0.257 e. The summed E-state index contributed by atoms with van der Waals surface area (Å²) in [6.45, 7) is 4.09. The van der Waals surface area contributed by atoms with Crippen molar-refractivity contribution in [1.29, 1.82) is 0 Å². The second kappa shape index (κ2) is 5.98. The van der Waals surface area contributed by atoms with Gasteiger partial charge in [-0.25, -0.2) is 9.67 Å². The van der Waals surface area contributed by atoms with E-state index >= 15 is 0 Å². The van der Waals surface area contributed by atoms with Crippen molar-refractivity contribution in [2.45, 2.75) is 19.9 Å². The van der Waals surface area contributed by atoms with Crippen LogP contribution in [0.25, 0.3) is 21.9 Å². The lowest BCUT2D eigenvalue weighted by molar-refractivity contribution is 0.102. The van der Waals surface area contributed by atoms with Crippen molar-refractivity contribution in [3.05, 3.63) is 60.6 Å². The van der Waals surface area contributed by atoms with Crippen molar-refractivity contribution in [1.82, 2.24) is 19.7 Å². The number of anilines is 1. The Hall–Kier alpha value is -3.28.